The van der Waals surface area contributed by atoms with Gasteiger partial charge in [0, 0.05) is 25.5 Å². The van der Waals surface area contributed by atoms with E-state index in [1.54, 1.807) is 10.9 Å². The summed E-state index contributed by atoms with van der Waals surface area (Å²) >= 11 is 1.20. The smallest absolute Gasteiger partial charge is 0.263 e. The third kappa shape index (κ3) is 3.32. The predicted octanol–water partition coefficient (Wildman–Crippen LogP) is 1.26. The average molecular weight is 304 g/mol. The van der Waals surface area contributed by atoms with Gasteiger partial charge in [0.05, 0.1) is 12.2 Å². The lowest BCUT2D eigenvalue weighted by molar-refractivity contribution is 0.0960. The lowest BCUT2D eigenvalue weighted by Gasteiger charge is -2.04. The lowest BCUT2D eigenvalue weighted by atomic mass is 10.2. The van der Waals surface area contributed by atoms with Gasteiger partial charge in [0.25, 0.3) is 5.91 Å². The van der Waals surface area contributed by atoms with Gasteiger partial charge in [-0.1, -0.05) is 0 Å². The van der Waals surface area contributed by atoms with Crippen LogP contribution in [-0.2, 0) is 6.54 Å². The number of rotatable bonds is 6. The topological polar surface area (TPSA) is 109 Å². The molecule has 0 atom stereocenters. The third-order valence-corrected chi connectivity index (χ3v) is 3.95. The van der Waals surface area contributed by atoms with E-state index in [2.05, 4.69) is 15.7 Å². The summed E-state index contributed by atoms with van der Waals surface area (Å²) in [6.45, 7) is 3.59. The van der Waals surface area contributed by atoms with E-state index >= 15 is 0 Å². The van der Waals surface area contributed by atoms with Gasteiger partial charge in [-0.05, 0) is 13.0 Å². The van der Waals surface area contributed by atoms with Crippen LogP contribution in [0.15, 0.2) is 18.5 Å². The zero-order valence-electron chi connectivity index (χ0n) is 11.6. The van der Waals surface area contributed by atoms with E-state index in [0.29, 0.717) is 35.1 Å². The normalized spacial score (nSPS) is 10.1. The van der Waals surface area contributed by atoms with Crippen LogP contribution in [0.25, 0.3) is 0 Å². The summed E-state index contributed by atoms with van der Waals surface area (Å²) in [5.41, 5.74) is 6.43. The maximum Gasteiger partial charge on any atom is 0.263 e. The highest BCUT2D eigenvalue weighted by atomic mass is 32.1. The standard InChI is InChI=1S/C13H16N6OS/c1-2-16-12(20)11-10(15)9(8-14)13(21-11)17-5-7-19-6-3-4-18-19/h3-4,6,17H,2,5,7,15H2,1H3,(H,16,20). The Balaban J connectivity index is 2.10. The van der Waals surface area contributed by atoms with Crippen molar-refractivity contribution >= 4 is 27.9 Å². The van der Waals surface area contributed by atoms with Gasteiger partial charge in [-0.3, -0.25) is 9.48 Å². The number of carbonyl (C=O) groups is 1. The fourth-order valence-corrected chi connectivity index (χ4v) is 2.82. The number of anilines is 2. The van der Waals surface area contributed by atoms with Crippen molar-refractivity contribution in [2.24, 2.45) is 0 Å². The number of thiophene rings is 1. The van der Waals surface area contributed by atoms with E-state index in [9.17, 15) is 10.1 Å². The Morgan fingerprint density at radius 3 is 3.05 bits per heavy atom. The van der Waals surface area contributed by atoms with Gasteiger partial charge >= 0.3 is 0 Å². The van der Waals surface area contributed by atoms with E-state index in [4.69, 9.17) is 5.73 Å². The molecule has 1 amide bonds. The van der Waals surface area contributed by atoms with E-state index in [1.807, 2.05) is 25.3 Å². The maximum atomic E-state index is 11.9. The van der Waals surface area contributed by atoms with E-state index in [1.165, 1.54) is 11.3 Å². The number of nitrogens with two attached hydrogens (primary N) is 1. The number of amides is 1. The molecule has 110 valence electrons. The van der Waals surface area contributed by atoms with Crippen molar-refractivity contribution in [2.75, 3.05) is 24.1 Å². The maximum absolute atomic E-state index is 11.9. The van der Waals surface area contributed by atoms with Gasteiger partial charge < -0.3 is 16.4 Å². The van der Waals surface area contributed by atoms with Crippen molar-refractivity contribution in [2.45, 2.75) is 13.5 Å². The van der Waals surface area contributed by atoms with Crippen molar-refractivity contribution in [3.05, 3.63) is 28.9 Å². The number of aromatic nitrogens is 2. The van der Waals surface area contributed by atoms with Crippen molar-refractivity contribution in [1.29, 1.82) is 5.26 Å². The molecule has 0 aliphatic carbocycles. The number of carbonyl (C=O) groups excluding carboxylic acids is 1. The summed E-state index contributed by atoms with van der Waals surface area (Å²) in [7, 11) is 0. The molecule has 0 radical (unpaired) electrons. The van der Waals surface area contributed by atoms with E-state index in [0.717, 1.165) is 0 Å². The molecular weight excluding hydrogens is 288 g/mol. The highest BCUT2D eigenvalue weighted by Crippen LogP contribution is 2.34. The lowest BCUT2D eigenvalue weighted by Crippen LogP contribution is -2.22. The molecule has 0 bridgehead atoms. The van der Waals surface area contributed by atoms with E-state index in [-0.39, 0.29) is 11.6 Å². The molecule has 0 aromatic carbocycles. The van der Waals surface area contributed by atoms with Crippen LogP contribution in [0.5, 0.6) is 0 Å². The molecule has 0 aliphatic rings. The first-order chi connectivity index (χ1) is 10.2. The summed E-state index contributed by atoms with van der Waals surface area (Å²) in [5.74, 6) is -0.253. The van der Waals surface area contributed by atoms with Gasteiger partial charge in [-0.2, -0.15) is 10.4 Å². The SMILES string of the molecule is CCNC(=O)c1sc(NCCn2cccn2)c(C#N)c1N. The minimum atomic E-state index is -0.253. The molecule has 0 fully saturated rings. The minimum absolute atomic E-state index is 0.232. The molecule has 2 heterocycles. The van der Waals surface area contributed by atoms with Gasteiger partial charge in [-0.15, -0.1) is 11.3 Å². The summed E-state index contributed by atoms with van der Waals surface area (Å²) < 4.78 is 1.78. The van der Waals surface area contributed by atoms with Crippen LogP contribution < -0.4 is 16.4 Å². The first kappa shape index (κ1) is 14.9. The molecular formula is C13H16N6OS. The quantitative estimate of drug-likeness (QED) is 0.744. The molecule has 8 heteroatoms. The average Bonchev–Trinajstić information content (AvgIpc) is 3.07. The Bertz CT molecular complexity index is 655. The summed E-state index contributed by atoms with van der Waals surface area (Å²) in [6, 6.07) is 3.89. The first-order valence-corrected chi connectivity index (χ1v) is 7.30. The van der Waals surface area contributed by atoms with Crippen LogP contribution in [0.1, 0.15) is 22.2 Å². The zero-order valence-corrected chi connectivity index (χ0v) is 12.4. The number of nitrogens with one attached hydrogen (secondary N) is 2. The Kier molecular flexibility index (Phi) is 4.79. The predicted molar refractivity (Wildman–Crippen MR) is 82.2 cm³/mol. The van der Waals surface area contributed by atoms with Crippen LogP contribution >= 0.6 is 11.3 Å². The number of hydrogen-bond acceptors (Lipinski definition) is 6. The highest BCUT2D eigenvalue weighted by molar-refractivity contribution is 7.18. The third-order valence-electron chi connectivity index (χ3n) is 2.79. The molecule has 4 N–H and O–H groups in total. The number of nitrogens with zero attached hydrogens (tertiary/aromatic N) is 3. The zero-order chi connectivity index (χ0) is 15.2. The number of hydrogen-bond donors (Lipinski definition) is 3. The Hall–Kier alpha value is -2.53. The highest BCUT2D eigenvalue weighted by Gasteiger charge is 2.20. The van der Waals surface area contributed by atoms with Gasteiger partial charge in [0.15, 0.2) is 0 Å². The molecule has 0 saturated carbocycles. The molecule has 21 heavy (non-hydrogen) atoms. The van der Waals surface area contributed by atoms with E-state index < -0.39 is 0 Å². The summed E-state index contributed by atoms with van der Waals surface area (Å²) in [4.78, 5) is 12.2. The Morgan fingerprint density at radius 2 is 2.43 bits per heavy atom. The summed E-state index contributed by atoms with van der Waals surface area (Å²) in [6.07, 6.45) is 3.56. The van der Waals surface area contributed by atoms with Crippen molar-refractivity contribution in [3.63, 3.8) is 0 Å². The van der Waals surface area contributed by atoms with Crippen molar-refractivity contribution in [1.82, 2.24) is 15.1 Å². The van der Waals surface area contributed by atoms with Crippen LogP contribution in [0.3, 0.4) is 0 Å². The second-order valence-corrected chi connectivity index (χ2v) is 5.24. The molecule has 0 saturated heterocycles. The molecule has 2 aromatic rings. The molecule has 7 nitrogen and oxygen atoms in total. The van der Waals surface area contributed by atoms with Crippen LogP contribution in [0.2, 0.25) is 0 Å². The molecule has 2 aromatic heterocycles. The molecule has 2 rings (SSSR count). The second kappa shape index (κ2) is 6.76. The number of nitrogen functional groups attached to an aromatic ring is 1. The molecule has 0 aliphatic heterocycles. The van der Waals surface area contributed by atoms with Gasteiger partial charge in [0.2, 0.25) is 0 Å². The van der Waals surface area contributed by atoms with Crippen LogP contribution in [0, 0.1) is 11.3 Å². The van der Waals surface area contributed by atoms with Crippen LogP contribution in [-0.4, -0.2) is 28.8 Å². The summed E-state index contributed by atoms with van der Waals surface area (Å²) in [5, 5.41) is 19.7. The molecule has 0 spiro atoms. The molecule has 0 unspecified atom stereocenters. The Morgan fingerprint density at radius 1 is 1.62 bits per heavy atom. The van der Waals surface area contributed by atoms with Crippen molar-refractivity contribution in [3.8, 4) is 6.07 Å². The second-order valence-electron chi connectivity index (χ2n) is 4.22. The Labute approximate surface area is 126 Å². The first-order valence-electron chi connectivity index (χ1n) is 6.49. The van der Waals surface area contributed by atoms with Gasteiger partial charge in [0.1, 0.15) is 21.5 Å². The van der Waals surface area contributed by atoms with Gasteiger partial charge in [-0.25, -0.2) is 0 Å². The van der Waals surface area contributed by atoms with Crippen LogP contribution in [0.4, 0.5) is 10.7 Å². The largest absolute Gasteiger partial charge is 0.396 e. The van der Waals surface area contributed by atoms with Crippen molar-refractivity contribution < 1.29 is 4.79 Å². The minimum Gasteiger partial charge on any atom is -0.396 e. The monoisotopic (exact) mass is 304 g/mol. The fraction of sp³-hybridized carbons (Fsp3) is 0.308. The number of nitriles is 1. The fourth-order valence-electron chi connectivity index (χ4n) is 1.81.